The number of phenols is 1. The Morgan fingerprint density at radius 3 is 2.19 bits per heavy atom. The van der Waals surface area contributed by atoms with Crippen molar-refractivity contribution in [1.29, 1.82) is 0 Å². The molecule has 0 fully saturated rings. The first-order chi connectivity index (χ1) is 12.7. The zero-order valence-electron chi connectivity index (χ0n) is 17.6. The van der Waals surface area contributed by atoms with Gasteiger partial charge in [0.15, 0.2) is 0 Å². The van der Waals surface area contributed by atoms with Crippen molar-refractivity contribution in [2.45, 2.75) is 77.6 Å². The number of hydrogen-bond donors (Lipinski definition) is 1. The number of hydrogen-bond acceptors (Lipinski definition) is 1. The molecule has 27 heavy (non-hydrogen) atoms. The van der Waals surface area contributed by atoms with Crippen molar-refractivity contribution in [3.63, 3.8) is 0 Å². The van der Waals surface area contributed by atoms with Crippen LogP contribution in [0.2, 0.25) is 0 Å². The molecular formula is C26H34O. The lowest BCUT2D eigenvalue weighted by molar-refractivity contribution is 0.332. The van der Waals surface area contributed by atoms with Gasteiger partial charge in [-0.3, -0.25) is 0 Å². The Kier molecular flexibility index (Phi) is 5.51. The van der Waals surface area contributed by atoms with Crippen LogP contribution < -0.4 is 0 Å². The molecule has 0 heterocycles. The summed E-state index contributed by atoms with van der Waals surface area (Å²) in [7, 11) is 0. The van der Waals surface area contributed by atoms with Crippen molar-refractivity contribution in [1.82, 2.24) is 0 Å². The molecule has 0 saturated carbocycles. The van der Waals surface area contributed by atoms with E-state index in [-0.39, 0.29) is 10.8 Å². The van der Waals surface area contributed by atoms with Crippen LogP contribution >= 0.6 is 0 Å². The quantitative estimate of drug-likeness (QED) is 0.547. The number of allylic oxidation sites excluding steroid dienone is 1. The van der Waals surface area contributed by atoms with Gasteiger partial charge in [-0.25, -0.2) is 0 Å². The Morgan fingerprint density at radius 1 is 0.926 bits per heavy atom. The minimum absolute atomic E-state index is 0.231. The lowest BCUT2D eigenvalue weighted by Crippen LogP contribution is -2.33. The second-order valence-corrected chi connectivity index (χ2v) is 9.39. The Hall–Kier alpha value is -2.02. The molecule has 0 aliphatic heterocycles. The summed E-state index contributed by atoms with van der Waals surface area (Å²) in [5, 5.41) is 9.57. The van der Waals surface area contributed by atoms with Crippen LogP contribution in [0.1, 0.15) is 89.0 Å². The summed E-state index contributed by atoms with van der Waals surface area (Å²) in [5.41, 5.74) is 7.41. The van der Waals surface area contributed by atoms with Gasteiger partial charge in [-0.15, -0.1) is 0 Å². The second-order valence-electron chi connectivity index (χ2n) is 9.39. The molecule has 0 aromatic heterocycles. The molecule has 144 valence electrons. The summed E-state index contributed by atoms with van der Waals surface area (Å²) in [6.07, 6.45) is 8.24. The molecule has 1 N–H and O–H groups in total. The minimum atomic E-state index is 0.231. The summed E-state index contributed by atoms with van der Waals surface area (Å²) in [6.45, 7) is 11.8. The summed E-state index contributed by atoms with van der Waals surface area (Å²) < 4.78 is 0. The van der Waals surface area contributed by atoms with Gasteiger partial charge >= 0.3 is 0 Å². The van der Waals surface area contributed by atoms with Gasteiger partial charge in [0.2, 0.25) is 0 Å². The molecule has 0 amide bonds. The third kappa shape index (κ3) is 4.29. The highest BCUT2D eigenvalue weighted by molar-refractivity contribution is 5.82. The third-order valence-electron chi connectivity index (χ3n) is 6.26. The van der Waals surface area contributed by atoms with E-state index in [1.165, 1.54) is 47.9 Å². The molecule has 1 heteroatoms. The molecule has 2 aromatic rings. The lowest BCUT2D eigenvalue weighted by Gasteiger charge is -2.42. The van der Waals surface area contributed by atoms with Crippen LogP contribution in [0.15, 0.2) is 42.5 Å². The lowest BCUT2D eigenvalue weighted by atomic mass is 9.63. The predicted octanol–water partition coefficient (Wildman–Crippen LogP) is 7.47. The van der Waals surface area contributed by atoms with Gasteiger partial charge in [0.1, 0.15) is 5.75 Å². The van der Waals surface area contributed by atoms with Crippen molar-refractivity contribution in [2.75, 3.05) is 0 Å². The SMILES string of the molecule is CCCC/C(=C/c1ccc(O)cc1)c1ccc2c(c1)C(C)(C)CCC2(C)C. The Balaban J connectivity index is 2.06. The average Bonchev–Trinajstić information content (AvgIpc) is 2.64. The molecule has 1 aliphatic carbocycles. The van der Waals surface area contributed by atoms with Gasteiger partial charge in [0.05, 0.1) is 0 Å². The summed E-state index contributed by atoms with van der Waals surface area (Å²) in [6, 6.07) is 14.7. The van der Waals surface area contributed by atoms with E-state index in [1.54, 1.807) is 12.1 Å². The summed E-state index contributed by atoms with van der Waals surface area (Å²) in [4.78, 5) is 0. The van der Waals surface area contributed by atoms with Crippen molar-refractivity contribution in [3.05, 3.63) is 64.7 Å². The number of benzene rings is 2. The van der Waals surface area contributed by atoms with Gasteiger partial charge in [-0.05, 0) is 76.5 Å². The molecule has 3 rings (SSSR count). The van der Waals surface area contributed by atoms with E-state index in [1.807, 2.05) is 12.1 Å². The summed E-state index contributed by atoms with van der Waals surface area (Å²) >= 11 is 0. The highest BCUT2D eigenvalue weighted by Crippen LogP contribution is 2.46. The Labute approximate surface area is 165 Å². The second kappa shape index (κ2) is 7.54. The van der Waals surface area contributed by atoms with Crippen molar-refractivity contribution in [3.8, 4) is 5.75 Å². The number of rotatable bonds is 5. The van der Waals surface area contributed by atoms with E-state index in [0.717, 1.165) is 12.0 Å². The molecule has 2 aromatic carbocycles. The van der Waals surface area contributed by atoms with E-state index in [2.05, 4.69) is 58.9 Å². The van der Waals surface area contributed by atoms with Crippen LogP contribution in [0.4, 0.5) is 0 Å². The van der Waals surface area contributed by atoms with E-state index in [4.69, 9.17) is 0 Å². The number of unbranched alkanes of at least 4 members (excludes halogenated alkanes) is 1. The largest absolute Gasteiger partial charge is 0.508 e. The average molecular weight is 363 g/mol. The van der Waals surface area contributed by atoms with Gasteiger partial charge in [0.25, 0.3) is 0 Å². The third-order valence-corrected chi connectivity index (χ3v) is 6.26. The maximum absolute atomic E-state index is 9.57. The van der Waals surface area contributed by atoms with Crippen LogP contribution in [0.3, 0.4) is 0 Å². The molecule has 0 atom stereocenters. The van der Waals surface area contributed by atoms with Crippen LogP contribution in [0, 0.1) is 0 Å². The van der Waals surface area contributed by atoms with E-state index >= 15 is 0 Å². The van der Waals surface area contributed by atoms with Crippen LogP contribution in [0.5, 0.6) is 5.75 Å². The van der Waals surface area contributed by atoms with E-state index in [9.17, 15) is 5.11 Å². The monoisotopic (exact) mass is 362 g/mol. The number of fused-ring (bicyclic) bond motifs is 1. The van der Waals surface area contributed by atoms with E-state index < -0.39 is 0 Å². The zero-order chi connectivity index (χ0) is 19.7. The molecule has 0 bridgehead atoms. The number of aromatic hydroxyl groups is 1. The highest BCUT2D eigenvalue weighted by Gasteiger charge is 2.37. The minimum Gasteiger partial charge on any atom is -0.508 e. The molecule has 1 nitrogen and oxygen atoms in total. The molecule has 1 aliphatic rings. The standard InChI is InChI=1S/C26H34O/c1-6-7-8-20(17-19-9-12-22(27)13-10-19)21-11-14-23-24(18-21)26(4,5)16-15-25(23,2)3/h9-14,17-18,27H,6-8,15-16H2,1-5H3/b20-17-. The fourth-order valence-electron chi connectivity index (χ4n) is 4.23. The van der Waals surface area contributed by atoms with Gasteiger partial charge in [-0.2, -0.15) is 0 Å². The van der Waals surface area contributed by atoms with Crippen LogP contribution in [-0.2, 0) is 10.8 Å². The van der Waals surface area contributed by atoms with E-state index in [0.29, 0.717) is 5.75 Å². The van der Waals surface area contributed by atoms with Gasteiger partial charge in [-0.1, -0.05) is 77.4 Å². The molecule has 0 unspecified atom stereocenters. The normalized spacial score (nSPS) is 18.2. The fraction of sp³-hybridized carbons (Fsp3) is 0.462. The topological polar surface area (TPSA) is 20.2 Å². The molecular weight excluding hydrogens is 328 g/mol. The van der Waals surface area contributed by atoms with Crippen LogP contribution in [0.25, 0.3) is 11.6 Å². The number of phenolic OH excluding ortho intramolecular Hbond substituents is 1. The Bertz CT molecular complexity index is 822. The van der Waals surface area contributed by atoms with Crippen molar-refractivity contribution >= 4 is 11.6 Å². The van der Waals surface area contributed by atoms with Gasteiger partial charge < -0.3 is 5.11 Å². The smallest absolute Gasteiger partial charge is 0.115 e. The molecule has 0 saturated heterocycles. The van der Waals surface area contributed by atoms with Crippen LogP contribution in [-0.4, -0.2) is 5.11 Å². The molecule has 0 radical (unpaired) electrons. The zero-order valence-corrected chi connectivity index (χ0v) is 17.6. The van der Waals surface area contributed by atoms with Crippen molar-refractivity contribution < 1.29 is 5.11 Å². The summed E-state index contributed by atoms with van der Waals surface area (Å²) in [5.74, 6) is 0.319. The highest BCUT2D eigenvalue weighted by atomic mass is 16.3. The predicted molar refractivity (Wildman–Crippen MR) is 117 cm³/mol. The maximum atomic E-state index is 9.57. The van der Waals surface area contributed by atoms with Gasteiger partial charge in [0, 0.05) is 0 Å². The Morgan fingerprint density at radius 2 is 1.56 bits per heavy atom. The van der Waals surface area contributed by atoms with Crippen molar-refractivity contribution in [2.24, 2.45) is 0 Å². The maximum Gasteiger partial charge on any atom is 0.115 e. The first-order valence-corrected chi connectivity index (χ1v) is 10.4. The first-order valence-electron chi connectivity index (χ1n) is 10.4. The fourth-order valence-corrected chi connectivity index (χ4v) is 4.23. The molecule has 0 spiro atoms. The first kappa shape index (κ1) is 19.7.